The van der Waals surface area contributed by atoms with Crippen LogP contribution in [0.3, 0.4) is 0 Å². The first-order valence-corrected chi connectivity index (χ1v) is 6.33. The summed E-state index contributed by atoms with van der Waals surface area (Å²) in [5, 5.41) is 12.6. The Bertz CT molecular complexity index is 529. The molecule has 0 saturated heterocycles. The maximum atomic E-state index is 6.18. The topological polar surface area (TPSA) is 47.7 Å². The van der Waals surface area contributed by atoms with E-state index in [1.807, 2.05) is 42.6 Å². The third kappa shape index (κ3) is 2.73. The Morgan fingerprint density at radius 2 is 2.11 bits per heavy atom. The summed E-state index contributed by atoms with van der Waals surface area (Å²) in [6, 6.07) is 2.03. The van der Waals surface area contributed by atoms with E-state index in [0.29, 0.717) is 0 Å². The van der Waals surface area contributed by atoms with E-state index in [4.69, 9.17) is 11.6 Å². The van der Waals surface area contributed by atoms with E-state index in [-0.39, 0.29) is 0 Å². The van der Waals surface area contributed by atoms with Crippen molar-refractivity contribution < 1.29 is 0 Å². The van der Waals surface area contributed by atoms with Crippen LogP contribution in [0.1, 0.15) is 17.1 Å². The molecule has 98 valence electrons. The lowest BCUT2D eigenvalue weighted by Crippen LogP contribution is -2.19. The summed E-state index contributed by atoms with van der Waals surface area (Å²) in [7, 11) is 3.87. The second kappa shape index (κ2) is 5.54. The highest BCUT2D eigenvalue weighted by atomic mass is 35.5. The number of rotatable bonds is 5. The van der Waals surface area contributed by atoms with E-state index in [1.165, 1.54) is 5.69 Å². The fourth-order valence-corrected chi connectivity index (χ4v) is 2.17. The van der Waals surface area contributed by atoms with Crippen LogP contribution >= 0.6 is 11.6 Å². The minimum absolute atomic E-state index is 0.730. The first-order valence-electron chi connectivity index (χ1n) is 5.95. The number of aromatic nitrogens is 4. The minimum Gasteiger partial charge on any atom is -0.311 e. The Kier molecular flexibility index (Phi) is 4.04. The molecular weight excluding hydrogens is 250 g/mol. The molecule has 0 radical (unpaired) electrons. The van der Waals surface area contributed by atoms with Crippen LogP contribution in [0, 0.1) is 6.92 Å². The number of nitrogens with zero attached hydrogens (tertiary/aromatic N) is 4. The van der Waals surface area contributed by atoms with Crippen LogP contribution in [0.15, 0.2) is 12.3 Å². The first-order chi connectivity index (χ1) is 8.59. The van der Waals surface area contributed by atoms with Crippen molar-refractivity contribution in [3.63, 3.8) is 0 Å². The number of hydrogen-bond acceptors (Lipinski definition) is 3. The van der Waals surface area contributed by atoms with Gasteiger partial charge < -0.3 is 5.32 Å². The van der Waals surface area contributed by atoms with Crippen molar-refractivity contribution in [3.05, 3.63) is 34.4 Å². The van der Waals surface area contributed by atoms with Crippen molar-refractivity contribution in [2.45, 2.75) is 19.9 Å². The van der Waals surface area contributed by atoms with Crippen molar-refractivity contribution >= 4 is 11.6 Å². The fraction of sp³-hybridized carbons (Fsp3) is 0.500. The molecule has 6 heteroatoms. The van der Waals surface area contributed by atoms with Crippen molar-refractivity contribution in [3.8, 4) is 0 Å². The van der Waals surface area contributed by atoms with Gasteiger partial charge in [0.2, 0.25) is 0 Å². The molecule has 0 spiro atoms. The predicted octanol–water partition coefficient (Wildman–Crippen LogP) is 1.45. The van der Waals surface area contributed by atoms with Crippen molar-refractivity contribution in [2.75, 3.05) is 6.54 Å². The predicted molar refractivity (Wildman–Crippen MR) is 71.6 cm³/mol. The molecule has 5 nitrogen and oxygen atoms in total. The highest BCUT2D eigenvalue weighted by molar-refractivity contribution is 6.31. The standard InChI is InChI=1S/C12H18ClN5/c1-9-12(13)11(18(3)16-9)8-14-6-4-10-5-7-15-17(10)2/h5,7,14H,4,6,8H2,1-3H3. The summed E-state index contributed by atoms with van der Waals surface area (Å²) in [4.78, 5) is 0. The highest BCUT2D eigenvalue weighted by Crippen LogP contribution is 2.18. The largest absolute Gasteiger partial charge is 0.311 e. The molecule has 2 aromatic heterocycles. The van der Waals surface area contributed by atoms with E-state index >= 15 is 0 Å². The van der Waals surface area contributed by atoms with E-state index in [1.54, 1.807) is 0 Å². The van der Waals surface area contributed by atoms with Crippen LogP contribution < -0.4 is 5.32 Å². The van der Waals surface area contributed by atoms with Gasteiger partial charge in [-0.2, -0.15) is 10.2 Å². The molecule has 0 fully saturated rings. The molecule has 0 bridgehead atoms. The van der Waals surface area contributed by atoms with Crippen LogP contribution in [0.4, 0.5) is 0 Å². The maximum absolute atomic E-state index is 6.18. The van der Waals surface area contributed by atoms with Crippen LogP contribution in [0.25, 0.3) is 0 Å². The van der Waals surface area contributed by atoms with Gasteiger partial charge in [-0.25, -0.2) is 0 Å². The molecule has 0 aromatic carbocycles. The summed E-state index contributed by atoms with van der Waals surface area (Å²) in [5.74, 6) is 0. The van der Waals surface area contributed by atoms with Gasteiger partial charge in [0.25, 0.3) is 0 Å². The second-order valence-electron chi connectivity index (χ2n) is 4.34. The van der Waals surface area contributed by atoms with Crippen molar-refractivity contribution in [1.29, 1.82) is 0 Å². The van der Waals surface area contributed by atoms with Crippen LogP contribution in [0.5, 0.6) is 0 Å². The summed E-state index contributed by atoms with van der Waals surface area (Å²) in [5.41, 5.74) is 3.12. The lowest BCUT2D eigenvalue weighted by atomic mass is 10.3. The van der Waals surface area contributed by atoms with Crippen molar-refractivity contribution in [1.82, 2.24) is 24.9 Å². The van der Waals surface area contributed by atoms with Crippen LogP contribution in [0.2, 0.25) is 5.02 Å². The molecule has 1 N–H and O–H groups in total. The molecule has 0 aliphatic rings. The van der Waals surface area contributed by atoms with Gasteiger partial charge in [-0.15, -0.1) is 0 Å². The molecule has 18 heavy (non-hydrogen) atoms. The van der Waals surface area contributed by atoms with Gasteiger partial charge in [-0.05, 0) is 13.0 Å². The molecule has 0 atom stereocenters. The summed E-state index contributed by atoms with van der Waals surface area (Å²) >= 11 is 6.18. The van der Waals surface area contributed by atoms with Gasteiger partial charge >= 0.3 is 0 Å². The first kappa shape index (κ1) is 13.1. The van der Waals surface area contributed by atoms with Gasteiger partial charge in [-0.3, -0.25) is 9.36 Å². The molecule has 2 heterocycles. The van der Waals surface area contributed by atoms with Gasteiger partial charge in [0.15, 0.2) is 0 Å². The molecule has 0 aliphatic carbocycles. The van der Waals surface area contributed by atoms with Crippen molar-refractivity contribution in [2.24, 2.45) is 14.1 Å². The Labute approximate surface area is 112 Å². The molecule has 2 rings (SSSR count). The molecule has 0 aliphatic heterocycles. The van der Waals surface area contributed by atoms with E-state index in [0.717, 1.165) is 35.9 Å². The molecular formula is C12H18ClN5. The van der Waals surface area contributed by atoms with Gasteiger partial charge in [0.1, 0.15) is 0 Å². The molecule has 2 aromatic rings. The van der Waals surface area contributed by atoms with E-state index in [2.05, 4.69) is 15.5 Å². The van der Waals surface area contributed by atoms with Crippen LogP contribution in [-0.2, 0) is 27.1 Å². The smallest absolute Gasteiger partial charge is 0.0860 e. The zero-order chi connectivity index (χ0) is 13.1. The highest BCUT2D eigenvalue weighted by Gasteiger charge is 2.10. The third-order valence-corrected chi connectivity index (χ3v) is 3.53. The number of hydrogen-bond donors (Lipinski definition) is 1. The Hall–Kier alpha value is -1.33. The van der Waals surface area contributed by atoms with Gasteiger partial charge in [-0.1, -0.05) is 11.6 Å². The lowest BCUT2D eigenvalue weighted by Gasteiger charge is -2.06. The Balaban J connectivity index is 1.84. The minimum atomic E-state index is 0.730. The zero-order valence-corrected chi connectivity index (χ0v) is 11.7. The number of aryl methyl sites for hydroxylation is 3. The lowest BCUT2D eigenvalue weighted by molar-refractivity contribution is 0.608. The maximum Gasteiger partial charge on any atom is 0.0860 e. The average molecular weight is 268 g/mol. The average Bonchev–Trinajstić information content (AvgIpc) is 2.83. The SMILES string of the molecule is Cc1nn(C)c(CNCCc2ccnn2C)c1Cl. The quantitative estimate of drug-likeness (QED) is 0.834. The van der Waals surface area contributed by atoms with Crippen LogP contribution in [-0.4, -0.2) is 26.1 Å². The Morgan fingerprint density at radius 3 is 2.67 bits per heavy atom. The third-order valence-electron chi connectivity index (χ3n) is 3.03. The second-order valence-corrected chi connectivity index (χ2v) is 4.72. The molecule has 0 saturated carbocycles. The normalized spacial score (nSPS) is 11.1. The summed E-state index contributed by atoms with van der Waals surface area (Å²) in [6.07, 6.45) is 2.77. The fourth-order valence-electron chi connectivity index (χ4n) is 1.94. The molecule has 0 amide bonds. The van der Waals surface area contributed by atoms with Gasteiger partial charge in [0, 0.05) is 45.5 Å². The van der Waals surface area contributed by atoms with Gasteiger partial charge in [0.05, 0.1) is 16.4 Å². The Morgan fingerprint density at radius 1 is 1.33 bits per heavy atom. The molecule has 0 unspecified atom stereocenters. The zero-order valence-electron chi connectivity index (χ0n) is 10.9. The summed E-state index contributed by atoms with van der Waals surface area (Å²) in [6.45, 7) is 3.54. The monoisotopic (exact) mass is 267 g/mol. The summed E-state index contributed by atoms with van der Waals surface area (Å²) < 4.78 is 3.72. The number of nitrogens with one attached hydrogen (secondary N) is 1. The van der Waals surface area contributed by atoms with E-state index < -0.39 is 0 Å². The number of halogens is 1. The van der Waals surface area contributed by atoms with E-state index in [9.17, 15) is 0 Å².